The van der Waals surface area contributed by atoms with E-state index in [9.17, 15) is 4.79 Å². The second-order valence-corrected chi connectivity index (χ2v) is 9.24. The highest BCUT2D eigenvalue weighted by molar-refractivity contribution is 9.10. The van der Waals surface area contributed by atoms with E-state index in [0.29, 0.717) is 45.5 Å². The van der Waals surface area contributed by atoms with Gasteiger partial charge in [0.2, 0.25) is 5.91 Å². The van der Waals surface area contributed by atoms with Gasteiger partial charge in [-0.25, -0.2) is 0 Å². The van der Waals surface area contributed by atoms with Gasteiger partial charge >= 0.3 is 0 Å². The van der Waals surface area contributed by atoms with Crippen LogP contribution in [0.25, 0.3) is 0 Å². The lowest BCUT2D eigenvalue weighted by Gasteiger charge is -2.16. The zero-order chi connectivity index (χ0) is 24.7. The molecule has 0 spiro atoms. The summed E-state index contributed by atoms with van der Waals surface area (Å²) in [5, 5.41) is 12.3. The normalized spacial score (nSPS) is 11.6. The van der Waals surface area contributed by atoms with Gasteiger partial charge in [0, 0.05) is 23.2 Å². The molecule has 3 aromatic rings. The molecule has 11 heteroatoms. The number of rotatable bonds is 11. The van der Waals surface area contributed by atoms with Gasteiger partial charge in [-0.2, -0.15) is 0 Å². The van der Waals surface area contributed by atoms with Crippen LogP contribution in [0.5, 0.6) is 17.2 Å². The molecule has 1 amide bonds. The fourth-order valence-corrected chi connectivity index (χ4v) is 4.30. The minimum absolute atomic E-state index is 0.103. The maximum absolute atomic E-state index is 12.6. The highest BCUT2D eigenvalue weighted by Crippen LogP contribution is 2.36. The lowest BCUT2D eigenvalue weighted by atomic mass is 10.2. The molecule has 1 atom stereocenters. The van der Waals surface area contributed by atoms with Crippen molar-refractivity contribution < 1.29 is 19.0 Å². The van der Waals surface area contributed by atoms with E-state index in [2.05, 4.69) is 38.0 Å². The standard InChI is InChI=1S/C23H24BrClN4O4S/c1-5-10-29-22(14(2)33-16-8-6-15(24)7-9-16)27-28-23(29)34-13-21(30)26-18-12-19(31-3)17(25)11-20(18)32-4/h5-9,11-12,14H,1,10,13H2,2-4H3,(H,26,30). The third kappa shape index (κ3) is 6.46. The van der Waals surface area contributed by atoms with E-state index in [1.807, 2.05) is 35.8 Å². The number of aromatic nitrogens is 3. The summed E-state index contributed by atoms with van der Waals surface area (Å²) in [5.41, 5.74) is 0.458. The van der Waals surface area contributed by atoms with Gasteiger partial charge in [-0.15, -0.1) is 16.8 Å². The number of hydrogen-bond donors (Lipinski definition) is 1. The summed E-state index contributed by atoms with van der Waals surface area (Å²) in [6.07, 6.45) is 1.39. The Kier molecular flexibility index (Phi) is 9.26. The molecule has 0 fully saturated rings. The van der Waals surface area contributed by atoms with Crippen molar-refractivity contribution >= 4 is 50.9 Å². The molecule has 34 heavy (non-hydrogen) atoms. The van der Waals surface area contributed by atoms with E-state index < -0.39 is 0 Å². The average Bonchev–Trinajstić information content (AvgIpc) is 3.23. The molecule has 0 saturated carbocycles. The average molecular weight is 568 g/mol. The topological polar surface area (TPSA) is 87.5 Å². The van der Waals surface area contributed by atoms with E-state index in [0.717, 1.165) is 4.47 Å². The zero-order valence-electron chi connectivity index (χ0n) is 18.9. The number of nitrogens with one attached hydrogen (secondary N) is 1. The number of carbonyl (C=O) groups is 1. The van der Waals surface area contributed by atoms with Crippen LogP contribution in [0.1, 0.15) is 18.9 Å². The molecular weight excluding hydrogens is 544 g/mol. The molecule has 0 saturated heterocycles. The number of nitrogens with zero attached hydrogens (tertiary/aromatic N) is 3. The van der Waals surface area contributed by atoms with Crippen molar-refractivity contribution in [3.63, 3.8) is 0 Å². The predicted molar refractivity (Wildman–Crippen MR) is 137 cm³/mol. The lowest BCUT2D eigenvalue weighted by molar-refractivity contribution is -0.113. The number of carbonyl (C=O) groups excluding carboxylic acids is 1. The molecular formula is C23H24BrClN4O4S. The van der Waals surface area contributed by atoms with Crippen LogP contribution in [0, 0.1) is 0 Å². The highest BCUT2D eigenvalue weighted by atomic mass is 79.9. The number of anilines is 1. The first kappa shape index (κ1) is 25.9. The van der Waals surface area contributed by atoms with E-state index >= 15 is 0 Å². The van der Waals surface area contributed by atoms with Crippen molar-refractivity contribution in [2.75, 3.05) is 25.3 Å². The molecule has 1 heterocycles. The van der Waals surface area contributed by atoms with Crippen molar-refractivity contribution in [3.8, 4) is 17.2 Å². The van der Waals surface area contributed by atoms with Crippen LogP contribution < -0.4 is 19.5 Å². The summed E-state index contributed by atoms with van der Waals surface area (Å²) < 4.78 is 19.4. The van der Waals surface area contributed by atoms with Crippen molar-refractivity contribution in [2.24, 2.45) is 0 Å². The maximum atomic E-state index is 12.6. The second kappa shape index (κ2) is 12.1. The molecule has 0 radical (unpaired) electrons. The second-order valence-electron chi connectivity index (χ2n) is 6.98. The van der Waals surface area contributed by atoms with E-state index in [1.54, 1.807) is 18.2 Å². The number of halogens is 2. The summed E-state index contributed by atoms with van der Waals surface area (Å²) in [7, 11) is 3.00. The van der Waals surface area contributed by atoms with Gasteiger partial charge in [-0.05, 0) is 31.2 Å². The summed E-state index contributed by atoms with van der Waals surface area (Å²) in [5.74, 6) is 2.06. The summed E-state index contributed by atoms with van der Waals surface area (Å²) in [6, 6.07) is 10.7. The Labute approximate surface area is 215 Å². The first-order chi connectivity index (χ1) is 16.4. The van der Waals surface area contributed by atoms with Gasteiger partial charge < -0.3 is 19.5 Å². The van der Waals surface area contributed by atoms with Crippen LogP contribution in [0.2, 0.25) is 5.02 Å². The molecule has 0 aliphatic heterocycles. The number of amides is 1. The number of benzene rings is 2. The van der Waals surface area contributed by atoms with Crippen molar-refractivity contribution in [1.29, 1.82) is 0 Å². The zero-order valence-corrected chi connectivity index (χ0v) is 22.0. The Hall–Kier alpha value is -2.69. The number of thioether (sulfide) groups is 1. The van der Waals surface area contributed by atoms with Gasteiger partial charge in [0.15, 0.2) is 17.1 Å². The van der Waals surface area contributed by atoms with Crippen molar-refractivity contribution in [1.82, 2.24) is 14.8 Å². The SMILES string of the molecule is C=CCn1c(SCC(=O)Nc2cc(OC)c(Cl)cc2OC)nnc1C(C)Oc1ccc(Br)cc1. The van der Waals surface area contributed by atoms with Gasteiger partial charge in [-0.3, -0.25) is 9.36 Å². The molecule has 1 unspecified atom stereocenters. The third-order valence-corrected chi connectivity index (χ3v) is 6.42. The summed E-state index contributed by atoms with van der Waals surface area (Å²) in [6.45, 7) is 6.19. The monoisotopic (exact) mass is 566 g/mol. The fourth-order valence-electron chi connectivity index (χ4n) is 3.05. The molecule has 2 aromatic carbocycles. The van der Waals surface area contributed by atoms with Gasteiger partial charge in [0.25, 0.3) is 0 Å². The third-order valence-electron chi connectivity index (χ3n) is 4.63. The lowest BCUT2D eigenvalue weighted by Crippen LogP contribution is -2.16. The van der Waals surface area contributed by atoms with E-state index in [4.69, 9.17) is 25.8 Å². The number of hydrogen-bond acceptors (Lipinski definition) is 7. The van der Waals surface area contributed by atoms with Crippen LogP contribution in [-0.2, 0) is 11.3 Å². The molecule has 0 aliphatic carbocycles. The first-order valence-corrected chi connectivity index (χ1v) is 12.3. The fraction of sp³-hybridized carbons (Fsp3) is 0.261. The highest BCUT2D eigenvalue weighted by Gasteiger charge is 2.20. The Morgan fingerprint density at radius 1 is 1.24 bits per heavy atom. The van der Waals surface area contributed by atoms with Gasteiger partial charge in [0.05, 0.1) is 30.7 Å². The van der Waals surface area contributed by atoms with Crippen molar-refractivity contribution in [2.45, 2.75) is 24.7 Å². The maximum Gasteiger partial charge on any atom is 0.234 e. The quantitative estimate of drug-likeness (QED) is 0.233. The molecule has 1 aromatic heterocycles. The number of allylic oxidation sites excluding steroid dienone is 1. The molecule has 3 rings (SSSR count). The van der Waals surface area contributed by atoms with Crippen molar-refractivity contribution in [3.05, 3.63) is 64.4 Å². The van der Waals surface area contributed by atoms with E-state index in [-0.39, 0.29) is 17.8 Å². The van der Waals surface area contributed by atoms with Crippen LogP contribution >= 0.6 is 39.3 Å². The van der Waals surface area contributed by atoms with Crippen LogP contribution in [-0.4, -0.2) is 40.6 Å². The predicted octanol–water partition coefficient (Wildman–Crippen LogP) is 5.77. The molecule has 8 nitrogen and oxygen atoms in total. The van der Waals surface area contributed by atoms with Gasteiger partial charge in [-0.1, -0.05) is 45.4 Å². The first-order valence-electron chi connectivity index (χ1n) is 10.2. The molecule has 180 valence electrons. The Morgan fingerprint density at radius 3 is 2.59 bits per heavy atom. The number of ether oxygens (including phenoxy) is 3. The minimum atomic E-state index is -0.359. The van der Waals surface area contributed by atoms with Gasteiger partial charge in [0.1, 0.15) is 17.2 Å². The van der Waals surface area contributed by atoms with E-state index in [1.165, 1.54) is 26.0 Å². The summed E-state index contributed by atoms with van der Waals surface area (Å²) in [4.78, 5) is 12.6. The molecule has 1 N–H and O–H groups in total. The largest absolute Gasteiger partial charge is 0.495 e. The minimum Gasteiger partial charge on any atom is -0.495 e. The number of methoxy groups -OCH3 is 2. The Bertz CT molecular complexity index is 1160. The molecule has 0 aliphatic rings. The summed E-state index contributed by atoms with van der Waals surface area (Å²) >= 11 is 10.8. The molecule has 0 bridgehead atoms. The Balaban J connectivity index is 1.70. The smallest absolute Gasteiger partial charge is 0.234 e. The Morgan fingerprint density at radius 2 is 1.94 bits per heavy atom. The van der Waals surface area contributed by atoms with Crippen LogP contribution in [0.4, 0.5) is 5.69 Å². The van der Waals surface area contributed by atoms with Crippen LogP contribution in [0.15, 0.2) is 58.7 Å². The van der Waals surface area contributed by atoms with Crippen LogP contribution in [0.3, 0.4) is 0 Å².